The number of nitrogens with one attached hydrogen (secondary N) is 1. The number of rotatable bonds is 2. The lowest BCUT2D eigenvalue weighted by molar-refractivity contribution is -0.187. The van der Waals surface area contributed by atoms with E-state index in [2.05, 4.69) is 5.32 Å². The molecule has 8 heteroatoms. The first-order valence-corrected chi connectivity index (χ1v) is 6.24. The molecule has 0 aromatic heterocycles. The van der Waals surface area contributed by atoms with Crippen LogP contribution in [0.2, 0.25) is 5.02 Å². The molecule has 2 rings (SSSR count). The van der Waals surface area contributed by atoms with Crippen molar-refractivity contribution in [2.24, 2.45) is 0 Å². The topological polar surface area (TPSA) is 15.3 Å². The van der Waals surface area contributed by atoms with Gasteiger partial charge in [-0.25, -0.2) is 4.39 Å². The molecule has 1 heterocycles. The van der Waals surface area contributed by atoms with E-state index in [1.165, 1.54) is 17.0 Å². The molecular formula is C12H14Cl2F4N2. The number of benzene rings is 1. The van der Waals surface area contributed by atoms with Crippen molar-refractivity contribution in [1.29, 1.82) is 0 Å². The van der Waals surface area contributed by atoms with E-state index in [1.54, 1.807) is 0 Å². The molecule has 0 unspecified atom stereocenters. The number of piperazine rings is 1. The van der Waals surface area contributed by atoms with Gasteiger partial charge >= 0.3 is 6.18 Å². The lowest BCUT2D eigenvalue weighted by atomic mass is 10.0. The maximum atomic E-state index is 13.4. The zero-order valence-corrected chi connectivity index (χ0v) is 12.0. The van der Waals surface area contributed by atoms with Gasteiger partial charge in [-0.2, -0.15) is 13.2 Å². The molecule has 1 aromatic carbocycles. The third-order valence-corrected chi connectivity index (χ3v) is 3.50. The van der Waals surface area contributed by atoms with Crippen LogP contribution in [0.3, 0.4) is 0 Å². The van der Waals surface area contributed by atoms with Crippen molar-refractivity contribution < 1.29 is 17.6 Å². The van der Waals surface area contributed by atoms with Crippen molar-refractivity contribution >= 4 is 24.0 Å². The van der Waals surface area contributed by atoms with E-state index >= 15 is 0 Å². The van der Waals surface area contributed by atoms with Gasteiger partial charge in [-0.1, -0.05) is 23.7 Å². The van der Waals surface area contributed by atoms with Crippen molar-refractivity contribution in [1.82, 2.24) is 10.2 Å². The van der Waals surface area contributed by atoms with Gasteiger partial charge in [-0.15, -0.1) is 12.4 Å². The van der Waals surface area contributed by atoms with Crippen molar-refractivity contribution in [3.05, 3.63) is 34.6 Å². The van der Waals surface area contributed by atoms with E-state index < -0.39 is 23.1 Å². The monoisotopic (exact) mass is 332 g/mol. The first kappa shape index (κ1) is 17.5. The van der Waals surface area contributed by atoms with Crippen molar-refractivity contribution in [2.45, 2.75) is 12.2 Å². The third kappa shape index (κ3) is 3.75. The SMILES string of the molecule is Cl.Fc1cccc([C@H](N2CCNCC2)C(F)(F)F)c1Cl. The summed E-state index contributed by atoms with van der Waals surface area (Å²) in [5.74, 6) is -0.830. The molecular weight excluding hydrogens is 319 g/mol. The second-order valence-electron chi connectivity index (χ2n) is 4.37. The minimum atomic E-state index is -4.49. The van der Waals surface area contributed by atoms with E-state index in [9.17, 15) is 17.6 Å². The molecule has 1 fully saturated rings. The van der Waals surface area contributed by atoms with Crippen LogP contribution in [-0.2, 0) is 0 Å². The Balaban J connectivity index is 0.00000200. The maximum absolute atomic E-state index is 13.4. The number of hydrogen-bond acceptors (Lipinski definition) is 2. The van der Waals surface area contributed by atoms with E-state index in [0.29, 0.717) is 13.1 Å². The average molecular weight is 333 g/mol. The highest BCUT2D eigenvalue weighted by Gasteiger charge is 2.46. The van der Waals surface area contributed by atoms with Crippen LogP contribution in [0.25, 0.3) is 0 Å². The van der Waals surface area contributed by atoms with Crippen molar-refractivity contribution in [3.63, 3.8) is 0 Å². The van der Waals surface area contributed by atoms with Crippen LogP contribution < -0.4 is 5.32 Å². The summed E-state index contributed by atoms with van der Waals surface area (Å²) in [5.41, 5.74) is -0.226. The van der Waals surface area contributed by atoms with E-state index in [0.717, 1.165) is 6.07 Å². The van der Waals surface area contributed by atoms with Gasteiger partial charge < -0.3 is 5.32 Å². The molecule has 0 saturated carbocycles. The number of nitrogens with zero attached hydrogens (tertiary/aromatic N) is 1. The third-order valence-electron chi connectivity index (χ3n) is 3.10. The standard InChI is InChI=1S/C12H13ClF4N2.ClH/c13-10-8(2-1-3-9(10)14)11(12(15,16)17)19-6-4-18-5-7-19;/h1-3,11,18H,4-7H2;1H/t11-;/m0./s1. The molecule has 2 nitrogen and oxygen atoms in total. The Morgan fingerprint density at radius 2 is 1.80 bits per heavy atom. The normalized spacial score (nSPS) is 18.4. The molecule has 1 aromatic rings. The summed E-state index contributed by atoms with van der Waals surface area (Å²) in [6.45, 7) is 1.44. The fourth-order valence-electron chi connectivity index (χ4n) is 2.25. The fourth-order valence-corrected chi connectivity index (χ4v) is 2.48. The molecule has 1 atom stereocenters. The first-order chi connectivity index (χ1) is 8.91. The largest absolute Gasteiger partial charge is 0.408 e. The molecule has 0 radical (unpaired) electrons. The van der Waals surface area contributed by atoms with Gasteiger partial charge in [0.1, 0.15) is 11.9 Å². The zero-order chi connectivity index (χ0) is 14.0. The molecule has 1 aliphatic rings. The first-order valence-electron chi connectivity index (χ1n) is 5.86. The average Bonchev–Trinajstić information content (AvgIpc) is 2.35. The Morgan fingerprint density at radius 3 is 2.35 bits per heavy atom. The van der Waals surface area contributed by atoms with Crippen molar-refractivity contribution in [3.8, 4) is 0 Å². The van der Waals surface area contributed by atoms with Crippen LogP contribution in [0.4, 0.5) is 17.6 Å². The molecule has 1 saturated heterocycles. The van der Waals surface area contributed by atoms with E-state index in [4.69, 9.17) is 11.6 Å². The second kappa shape index (κ2) is 6.93. The number of halogens is 6. The van der Waals surface area contributed by atoms with Gasteiger partial charge in [-0.3, -0.25) is 4.90 Å². The summed E-state index contributed by atoms with van der Waals surface area (Å²) in [6, 6.07) is 1.66. The Hall–Kier alpha value is -0.560. The Bertz CT molecular complexity index is 448. The van der Waals surface area contributed by atoms with Gasteiger partial charge in [0.15, 0.2) is 0 Å². The summed E-state index contributed by atoms with van der Waals surface area (Å²) in [5, 5.41) is 2.53. The van der Waals surface area contributed by atoms with Crippen LogP contribution in [0.5, 0.6) is 0 Å². The summed E-state index contributed by atoms with van der Waals surface area (Å²) in [4.78, 5) is 1.27. The highest BCUT2D eigenvalue weighted by atomic mass is 35.5. The summed E-state index contributed by atoms with van der Waals surface area (Å²) < 4.78 is 53.1. The van der Waals surface area contributed by atoms with Crippen LogP contribution in [-0.4, -0.2) is 37.3 Å². The Kier molecular flexibility index (Phi) is 6.06. The van der Waals surface area contributed by atoms with E-state index in [1.807, 2.05) is 0 Å². The van der Waals surface area contributed by atoms with Gasteiger partial charge in [0.05, 0.1) is 5.02 Å². The molecule has 0 bridgehead atoms. The highest BCUT2D eigenvalue weighted by molar-refractivity contribution is 6.31. The summed E-state index contributed by atoms with van der Waals surface area (Å²) in [6.07, 6.45) is -4.49. The predicted molar refractivity (Wildman–Crippen MR) is 71.9 cm³/mol. The summed E-state index contributed by atoms with van der Waals surface area (Å²) >= 11 is 5.70. The molecule has 1 N–H and O–H groups in total. The minimum Gasteiger partial charge on any atom is -0.314 e. The Labute approximate surface area is 125 Å². The van der Waals surface area contributed by atoms with Gasteiger partial charge in [0.2, 0.25) is 0 Å². The van der Waals surface area contributed by atoms with E-state index in [-0.39, 0.29) is 31.1 Å². The quantitative estimate of drug-likeness (QED) is 0.835. The molecule has 0 aliphatic carbocycles. The molecule has 0 spiro atoms. The minimum absolute atomic E-state index is 0. The Morgan fingerprint density at radius 1 is 1.20 bits per heavy atom. The predicted octanol–water partition coefficient (Wildman–Crippen LogP) is 3.41. The van der Waals surface area contributed by atoms with Crippen LogP contribution in [0.15, 0.2) is 18.2 Å². The zero-order valence-electron chi connectivity index (χ0n) is 10.4. The fraction of sp³-hybridized carbons (Fsp3) is 0.500. The second-order valence-corrected chi connectivity index (χ2v) is 4.75. The molecule has 0 amide bonds. The number of alkyl halides is 3. The van der Waals surface area contributed by atoms with Crippen molar-refractivity contribution in [2.75, 3.05) is 26.2 Å². The molecule has 20 heavy (non-hydrogen) atoms. The highest BCUT2D eigenvalue weighted by Crippen LogP contribution is 2.41. The smallest absolute Gasteiger partial charge is 0.314 e. The van der Waals surface area contributed by atoms with Crippen LogP contribution >= 0.6 is 24.0 Å². The van der Waals surface area contributed by atoms with Gasteiger partial charge in [0.25, 0.3) is 0 Å². The molecule has 114 valence electrons. The molecule has 1 aliphatic heterocycles. The van der Waals surface area contributed by atoms with Gasteiger partial charge in [-0.05, 0) is 11.6 Å². The lowest BCUT2D eigenvalue weighted by Crippen LogP contribution is -2.49. The van der Waals surface area contributed by atoms with Gasteiger partial charge in [0, 0.05) is 26.2 Å². The maximum Gasteiger partial charge on any atom is 0.408 e. The van der Waals surface area contributed by atoms with Crippen LogP contribution in [0, 0.1) is 5.82 Å². The lowest BCUT2D eigenvalue weighted by Gasteiger charge is -2.36. The summed E-state index contributed by atoms with van der Waals surface area (Å²) in [7, 11) is 0. The number of hydrogen-bond donors (Lipinski definition) is 1. The van der Waals surface area contributed by atoms with Crippen LogP contribution in [0.1, 0.15) is 11.6 Å².